The molecule has 86 valence electrons. The fourth-order valence-electron chi connectivity index (χ4n) is 1.57. The van der Waals surface area contributed by atoms with Gasteiger partial charge in [-0.25, -0.2) is 0 Å². The number of hydrogen-bond donors (Lipinski definition) is 1. The van der Waals surface area contributed by atoms with Crippen molar-refractivity contribution in [3.8, 4) is 0 Å². The van der Waals surface area contributed by atoms with Gasteiger partial charge in [0.25, 0.3) is 0 Å². The van der Waals surface area contributed by atoms with Gasteiger partial charge in [0, 0.05) is 6.61 Å². The molecule has 0 aromatic carbocycles. The molecule has 0 unspecified atom stereocenters. The van der Waals surface area contributed by atoms with Crippen molar-refractivity contribution >= 4 is 0 Å². The molecule has 0 saturated heterocycles. The standard InChI is InChI=1S/C12H26O2/c1-4-7-9-12(13,10-8-5-2)11-14-6-3/h13H,4-11H2,1-3H3. The molecule has 0 rings (SSSR count). The van der Waals surface area contributed by atoms with E-state index in [0.29, 0.717) is 13.2 Å². The van der Waals surface area contributed by atoms with E-state index in [-0.39, 0.29) is 0 Å². The fraction of sp³-hybridized carbons (Fsp3) is 1.00. The first-order chi connectivity index (χ1) is 6.68. The van der Waals surface area contributed by atoms with Crippen molar-refractivity contribution in [3.05, 3.63) is 0 Å². The molecule has 0 spiro atoms. The van der Waals surface area contributed by atoms with Gasteiger partial charge < -0.3 is 9.84 Å². The highest BCUT2D eigenvalue weighted by molar-refractivity contribution is 4.77. The molecule has 0 fully saturated rings. The van der Waals surface area contributed by atoms with E-state index >= 15 is 0 Å². The summed E-state index contributed by atoms with van der Waals surface area (Å²) >= 11 is 0. The van der Waals surface area contributed by atoms with Gasteiger partial charge in [-0.1, -0.05) is 39.5 Å². The van der Waals surface area contributed by atoms with Crippen LogP contribution in [0, 0.1) is 0 Å². The third kappa shape index (κ3) is 6.39. The quantitative estimate of drug-likeness (QED) is 0.622. The van der Waals surface area contributed by atoms with Gasteiger partial charge in [0.05, 0.1) is 12.2 Å². The first-order valence-electron chi connectivity index (χ1n) is 5.98. The number of ether oxygens (including phenoxy) is 1. The Morgan fingerprint density at radius 1 is 1.00 bits per heavy atom. The van der Waals surface area contributed by atoms with Crippen LogP contribution in [0.25, 0.3) is 0 Å². The van der Waals surface area contributed by atoms with Crippen LogP contribution in [0.2, 0.25) is 0 Å². The molecule has 0 heterocycles. The van der Waals surface area contributed by atoms with Gasteiger partial charge in [0.2, 0.25) is 0 Å². The number of aliphatic hydroxyl groups is 1. The molecule has 0 aliphatic heterocycles. The van der Waals surface area contributed by atoms with Crippen molar-refractivity contribution < 1.29 is 9.84 Å². The van der Waals surface area contributed by atoms with Gasteiger partial charge in [0.15, 0.2) is 0 Å². The van der Waals surface area contributed by atoms with Gasteiger partial charge in [-0.2, -0.15) is 0 Å². The van der Waals surface area contributed by atoms with Crippen LogP contribution in [0.15, 0.2) is 0 Å². The van der Waals surface area contributed by atoms with E-state index in [1.54, 1.807) is 0 Å². The molecule has 0 atom stereocenters. The van der Waals surface area contributed by atoms with E-state index < -0.39 is 5.60 Å². The lowest BCUT2D eigenvalue weighted by molar-refractivity contribution is -0.0566. The summed E-state index contributed by atoms with van der Waals surface area (Å²) in [5.41, 5.74) is -0.567. The molecule has 1 N–H and O–H groups in total. The summed E-state index contributed by atoms with van der Waals surface area (Å²) in [6, 6.07) is 0. The largest absolute Gasteiger partial charge is 0.387 e. The van der Waals surface area contributed by atoms with Gasteiger partial charge in [0.1, 0.15) is 0 Å². The lowest BCUT2D eigenvalue weighted by atomic mass is 9.92. The summed E-state index contributed by atoms with van der Waals surface area (Å²) in [5, 5.41) is 10.3. The summed E-state index contributed by atoms with van der Waals surface area (Å²) in [4.78, 5) is 0. The predicted molar refractivity (Wildman–Crippen MR) is 60.5 cm³/mol. The van der Waals surface area contributed by atoms with Gasteiger partial charge in [-0.15, -0.1) is 0 Å². The number of unbranched alkanes of at least 4 members (excludes halogenated alkanes) is 2. The summed E-state index contributed by atoms with van der Waals surface area (Å²) in [6.45, 7) is 7.48. The molecule has 0 amide bonds. The normalized spacial score (nSPS) is 12.0. The Hall–Kier alpha value is -0.0800. The molecule has 0 radical (unpaired) electrons. The monoisotopic (exact) mass is 202 g/mol. The van der Waals surface area contributed by atoms with Crippen LogP contribution < -0.4 is 0 Å². The van der Waals surface area contributed by atoms with Crippen molar-refractivity contribution in [2.75, 3.05) is 13.2 Å². The third-order valence-electron chi connectivity index (χ3n) is 2.57. The van der Waals surface area contributed by atoms with Crippen LogP contribution in [-0.2, 0) is 4.74 Å². The van der Waals surface area contributed by atoms with Crippen LogP contribution in [0.5, 0.6) is 0 Å². The topological polar surface area (TPSA) is 29.5 Å². The first-order valence-corrected chi connectivity index (χ1v) is 5.98. The highest BCUT2D eigenvalue weighted by Gasteiger charge is 2.25. The maximum atomic E-state index is 10.3. The Balaban J connectivity index is 3.89. The van der Waals surface area contributed by atoms with Crippen LogP contribution in [0.1, 0.15) is 59.3 Å². The van der Waals surface area contributed by atoms with Crippen LogP contribution >= 0.6 is 0 Å². The second-order valence-electron chi connectivity index (χ2n) is 4.07. The fourth-order valence-corrected chi connectivity index (χ4v) is 1.57. The van der Waals surface area contributed by atoms with Gasteiger partial charge in [-0.05, 0) is 19.8 Å². The zero-order valence-corrected chi connectivity index (χ0v) is 10.0. The minimum absolute atomic E-state index is 0.503. The van der Waals surface area contributed by atoms with Crippen LogP contribution in [0.3, 0.4) is 0 Å². The van der Waals surface area contributed by atoms with Crippen molar-refractivity contribution in [1.29, 1.82) is 0 Å². The highest BCUT2D eigenvalue weighted by atomic mass is 16.5. The maximum absolute atomic E-state index is 10.3. The zero-order chi connectivity index (χ0) is 10.9. The molecular formula is C12H26O2. The summed E-state index contributed by atoms with van der Waals surface area (Å²) < 4.78 is 5.34. The molecular weight excluding hydrogens is 176 g/mol. The van der Waals surface area contributed by atoms with Crippen molar-refractivity contribution in [3.63, 3.8) is 0 Å². The first kappa shape index (κ1) is 13.9. The molecule has 0 aromatic heterocycles. The van der Waals surface area contributed by atoms with Crippen LogP contribution in [-0.4, -0.2) is 23.9 Å². The van der Waals surface area contributed by atoms with Crippen LogP contribution in [0.4, 0.5) is 0 Å². The second kappa shape index (κ2) is 8.25. The average molecular weight is 202 g/mol. The highest BCUT2D eigenvalue weighted by Crippen LogP contribution is 2.21. The molecule has 0 bridgehead atoms. The predicted octanol–water partition coefficient (Wildman–Crippen LogP) is 3.13. The van der Waals surface area contributed by atoms with E-state index in [1.165, 1.54) is 0 Å². The second-order valence-corrected chi connectivity index (χ2v) is 4.07. The van der Waals surface area contributed by atoms with Crippen molar-refractivity contribution in [2.45, 2.75) is 64.9 Å². The molecule has 0 aromatic rings. The van der Waals surface area contributed by atoms with Crippen molar-refractivity contribution in [2.24, 2.45) is 0 Å². The Bertz CT molecular complexity index is 102. The molecule has 0 aliphatic carbocycles. The Kier molecular flexibility index (Phi) is 8.20. The van der Waals surface area contributed by atoms with Crippen molar-refractivity contribution in [1.82, 2.24) is 0 Å². The minimum atomic E-state index is -0.567. The van der Waals surface area contributed by atoms with E-state index in [9.17, 15) is 5.11 Å². The number of hydrogen-bond acceptors (Lipinski definition) is 2. The van der Waals surface area contributed by atoms with Gasteiger partial charge in [-0.3, -0.25) is 0 Å². The zero-order valence-electron chi connectivity index (χ0n) is 10.0. The lowest BCUT2D eigenvalue weighted by Crippen LogP contribution is -2.34. The maximum Gasteiger partial charge on any atom is 0.0880 e. The summed E-state index contributed by atoms with van der Waals surface area (Å²) in [7, 11) is 0. The third-order valence-corrected chi connectivity index (χ3v) is 2.57. The lowest BCUT2D eigenvalue weighted by Gasteiger charge is -2.27. The summed E-state index contributed by atoms with van der Waals surface area (Å²) in [5.74, 6) is 0. The molecule has 0 aliphatic rings. The Labute approximate surface area is 88.7 Å². The van der Waals surface area contributed by atoms with E-state index in [4.69, 9.17) is 4.74 Å². The Morgan fingerprint density at radius 3 is 1.86 bits per heavy atom. The molecule has 0 saturated carbocycles. The van der Waals surface area contributed by atoms with Gasteiger partial charge >= 0.3 is 0 Å². The molecule has 2 nitrogen and oxygen atoms in total. The molecule has 14 heavy (non-hydrogen) atoms. The Morgan fingerprint density at radius 2 is 1.50 bits per heavy atom. The van der Waals surface area contributed by atoms with E-state index in [0.717, 1.165) is 38.5 Å². The smallest absolute Gasteiger partial charge is 0.0880 e. The van der Waals surface area contributed by atoms with E-state index in [1.807, 2.05) is 6.92 Å². The molecule has 2 heteroatoms. The van der Waals surface area contributed by atoms with E-state index in [2.05, 4.69) is 13.8 Å². The minimum Gasteiger partial charge on any atom is -0.387 e. The average Bonchev–Trinajstić information content (AvgIpc) is 2.21. The number of rotatable bonds is 9. The SMILES string of the molecule is CCCCC(O)(CCCC)COCC. The summed E-state index contributed by atoms with van der Waals surface area (Å²) in [6.07, 6.45) is 6.22.